The molecule has 0 aromatic heterocycles. The lowest BCUT2D eigenvalue weighted by Gasteiger charge is -2.25. The van der Waals surface area contributed by atoms with Crippen molar-refractivity contribution in [2.75, 3.05) is 0 Å². The average Bonchev–Trinajstić information content (AvgIpc) is 2.51. The standard InChI is InChI=1S/C12H22/c1-4-7-12(10(2)3)11-8-5-6-9-11/h4,10-12H,1,5-9H2,2-3H3/t12-/m0/s1. The molecule has 1 saturated carbocycles. The van der Waals surface area contributed by atoms with Gasteiger partial charge in [-0.25, -0.2) is 0 Å². The van der Waals surface area contributed by atoms with E-state index < -0.39 is 0 Å². The Hall–Kier alpha value is -0.260. The quantitative estimate of drug-likeness (QED) is 0.553. The van der Waals surface area contributed by atoms with Crippen LogP contribution in [0.15, 0.2) is 12.7 Å². The van der Waals surface area contributed by atoms with Gasteiger partial charge in [-0.3, -0.25) is 0 Å². The van der Waals surface area contributed by atoms with E-state index in [9.17, 15) is 0 Å². The molecular weight excluding hydrogens is 144 g/mol. The molecule has 0 nitrogen and oxygen atoms in total. The van der Waals surface area contributed by atoms with Crippen molar-refractivity contribution in [3.63, 3.8) is 0 Å². The molecule has 0 N–H and O–H groups in total. The fourth-order valence-electron chi connectivity index (χ4n) is 2.59. The van der Waals surface area contributed by atoms with Crippen LogP contribution in [0.5, 0.6) is 0 Å². The van der Waals surface area contributed by atoms with E-state index in [1.54, 1.807) is 0 Å². The van der Waals surface area contributed by atoms with Crippen LogP contribution >= 0.6 is 0 Å². The van der Waals surface area contributed by atoms with Crippen molar-refractivity contribution in [3.05, 3.63) is 12.7 Å². The molecule has 0 amide bonds. The van der Waals surface area contributed by atoms with Gasteiger partial charge in [0.25, 0.3) is 0 Å². The molecule has 12 heavy (non-hydrogen) atoms. The molecule has 1 aliphatic carbocycles. The van der Waals surface area contributed by atoms with Crippen LogP contribution in [0.1, 0.15) is 46.0 Å². The molecular formula is C12H22. The van der Waals surface area contributed by atoms with Crippen LogP contribution in [0.25, 0.3) is 0 Å². The third-order valence-electron chi connectivity index (χ3n) is 3.30. The van der Waals surface area contributed by atoms with Gasteiger partial charge < -0.3 is 0 Å². The van der Waals surface area contributed by atoms with Gasteiger partial charge in [0.2, 0.25) is 0 Å². The first-order valence-electron chi connectivity index (χ1n) is 5.36. The Morgan fingerprint density at radius 2 is 1.92 bits per heavy atom. The van der Waals surface area contributed by atoms with Gasteiger partial charge in [-0.1, -0.05) is 45.6 Å². The molecule has 1 aliphatic rings. The zero-order valence-corrected chi connectivity index (χ0v) is 8.55. The first kappa shape index (κ1) is 9.83. The van der Waals surface area contributed by atoms with E-state index in [0.29, 0.717) is 0 Å². The van der Waals surface area contributed by atoms with E-state index in [2.05, 4.69) is 26.5 Å². The molecule has 1 fully saturated rings. The van der Waals surface area contributed by atoms with Gasteiger partial charge in [-0.2, -0.15) is 0 Å². The van der Waals surface area contributed by atoms with Crippen molar-refractivity contribution >= 4 is 0 Å². The first-order chi connectivity index (χ1) is 5.75. The maximum atomic E-state index is 3.85. The summed E-state index contributed by atoms with van der Waals surface area (Å²) in [5.41, 5.74) is 0. The van der Waals surface area contributed by atoms with E-state index in [1.807, 2.05) is 0 Å². The van der Waals surface area contributed by atoms with Gasteiger partial charge >= 0.3 is 0 Å². The molecule has 1 atom stereocenters. The van der Waals surface area contributed by atoms with Gasteiger partial charge in [0.15, 0.2) is 0 Å². The predicted octanol–water partition coefficient (Wildman–Crippen LogP) is 4.02. The van der Waals surface area contributed by atoms with Crippen LogP contribution in [0.2, 0.25) is 0 Å². The smallest absolute Gasteiger partial charge is 0.0320 e. The van der Waals surface area contributed by atoms with Crippen LogP contribution in [-0.4, -0.2) is 0 Å². The predicted molar refractivity (Wildman–Crippen MR) is 55.1 cm³/mol. The lowest BCUT2D eigenvalue weighted by Crippen LogP contribution is -2.17. The fraction of sp³-hybridized carbons (Fsp3) is 0.833. The molecule has 0 bridgehead atoms. The van der Waals surface area contributed by atoms with Gasteiger partial charge in [-0.15, -0.1) is 6.58 Å². The van der Waals surface area contributed by atoms with Crippen LogP contribution in [0.3, 0.4) is 0 Å². The maximum Gasteiger partial charge on any atom is -0.0320 e. The molecule has 0 aromatic carbocycles. The molecule has 1 rings (SSSR count). The van der Waals surface area contributed by atoms with Crippen LogP contribution in [0, 0.1) is 17.8 Å². The Morgan fingerprint density at radius 3 is 2.33 bits per heavy atom. The Labute approximate surface area is 77.1 Å². The Morgan fingerprint density at radius 1 is 1.33 bits per heavy atom. The zero-order chi connectivity index (χ0) is 8.97. The van der Waals surface area contributed by atoms with E-state index in [4.69, 9.17) is 0 Å². The molecule has 0 heterocycles. The summed E-state index contributed by atoms with van der Waals surface area (Å²) < 4.78 is 0. The van der Waals surface area contributed by atoms with Crippen LogP contribution < -0.4 is 0 Å². The van der Waals surface area contributed by atoms with E-state index >= 15 is 0 Å². The highest BCUT2D eigenvalue weighted by Gasteiger charge is 2.25. The lowest BCUT2D eigenvalue weighted by atomic mass is 9.80. The molecule has 0 aromatic rings. The number of hydrogen-bond acceptors (Lipinski definition) is 0. The minimum atomic E-state index is 0.839. The second-order valence-electron chi connectivity index (χ2n) is 4.48. The zero-order valence-electron chi connectivity index (χ0n) is 8.55. The molecule has 0 spiro atoms. The van der Waals surface area contributed by atoms with E-state index in [1.165, 1.54) is 32.1 Å². The summed E-state index contributed by atoms with van der Waals surface area (Å²) in [4.78, 5) is 0. The molecule has 0 aliphatic heterocycles. The van der Waals surface area contributed by atoms with Crippen molar-refractivity contribution in [2.24, 2.45) is 17.8 Å². The third kappa shape index (κ3) is 2.36. The van der Waals surface area contributed by atoms with Gasteiger partial charge in [0.1, 0.15) is 0 Å². The monoisotopic (exact) mass is 166 g/mol. The van der Waals surface area contributed by atoms with Crippen molar-refractivity contribution in [3.8, 4) is 0 Å². The molecule has 0 heteroatoms. The van der Waals surface area contributed by atoms with E-state index in [-0.39, 0.29) is 0 Å². The highest BCUT2D eigenvalue weighted by Crippen LogP contribution is 2.37. The summed E-state index contributed by atoms with van der Waals surface area (Å²) >= 11 is 0. The van der Waals surface area contributed by atoms with Crippen LogP contribution in [0.4, 0.5) is 0 Å². The van der Waals surface area contributed by atoms with Crippen molar-refractivity contribution in [1.29, 1.82) is 0 Å². The number of rotatable bonds is 4. The second-order valence-corrected chi connectivity index (χ2v) is 4.48. The summed E-state index contributed by atoms with van der Waals surface area (Å²) in [6.07, 6.45) is 9.19. The highest BCUT2D eigenvalue weighted by atomic mass is 14.3. The molecule has 70 valence electrons. The molecule has 0 unspecified atom stereocenters. The number of hydrogen-bond donors (Lipinski definition) is 0. The highest BCUT2D eigenvalue weighted by molar-refractivity contribution is 4.82. The minimum absolute atomic E-state index is 0.839. The Balaban J connectivity index is 2.45. The van der Waals surface area contributed by atoms with E-state index in [0.717, 1.165) is 17.8 Å². The van der Waals surface area contributed by atoms with Gasteiger partial charge in [0, 0.05) is 0 Å². The van der Waals surface area contributed by atoms with Crippen molar-refractivity contribution in [2.45, 2.75) is 46.0 Å². The maximum absolute atomic E-state index is 3.85. The third-order valence-corrected chi connectivity index (χ3v) is 3.30. The summed E-state index contributed by atoms with van der Waals surface area (Å²) in [6.45, 7) is 8.56. The fourth-order valence-corrected chi connectivity index (χ4v) is 2.59. The van der Waals surface area contributed by atoms with Gasteiger partial charge in [0.05, 0.1) is 0 Å². The second kappa shape index (κ2) is 4.69. The minimum Gasteiger partial charge on any atom is -0.103 e. The Bertz CT molecular complexity index is 129. The summed E-state index contributed by atoms with van der Waals surface area (Å²) in [6, 6.07) is 0. The average molecular weight is 166 g/mol. The topological polar surface area (TPSA) is 0 Å². The van der Waals surface area contributed by atoms with Crippen molar-refractivity contribution < 1.29 is 0 Å². The summed E-state index contributed by atoms with van der Waals surface area (Å²) in [5.74, 6) is 2.75. The Kier molecular flexibility index (Phi) is 3.84. The van der Waals surface area contributed by atoms with Crippen LogP contribution in [-0.2, 0) is 0 Å². The lowest BCUT2D eigenvalue weighted by molar-refractivity contribution is 0.259. The molecule has 0 radical (unpaired) electrons. The van der Waals surface area contributed by atoms with Gasteiger partial charge in [-0.05, 0) is 24.2 Å². The first-order valence-corrected chi connectivity index (χ1v) is 5.36. The largest absolute Gasteiger partial charge is 0.103 e. The normalized spacial score (nSPS) is 21.6. The number of allylic oxidation sites excluding steroid dienone is 1. The van der Waals surface area contributed by atoms with Crippen molar-refractivity contribution in [1.82, 2.24) is 0 Å². The summed E-state index contributed by atoms with van der Waals surface area (Å²) in [7, 11) is 0. The molecule has 0 saturated heterocycles. The summed E-state index contributed by atoms with van der Waals surface area (Å²) in [5, 5.41) is 0. The SMILES string of the molecule is C=CC[C@@H](C(C)C)C1CCCC1.